The first kappa shape index (κ1) is 28.4. The van der Waals surface area contributed by atoms with Crippen LogP contribution in [-0.2, 0) is 16.0 Å². The number of aromatic nitrogens is 1. The molecular weight excluding hydrogens is 506 g/mol. The molecule has 0 radical (unpaired) electrons. The summed E-state index contributed by atoms with van der Waals surface area (Å²) in [5.41, 5.74) is 5.20. The number of carboxylic acids is 1. The van der Waals surface area contributed by atoms with Crippen molar-refractivity contribution in [1.29, 1.82) is 0 Å². The van der Waals surface area contributed by atoms with E-state index in [1.807, 2.05) is 39.8 Å². The van der Waals surface area contributed by atoms with Crippen LogP contribution in [0.3, 0.4) is 0 Å². The molecule has 1 amide bonds. The number of carbonyl (C=O) groups is 2. The Bertz CT molecular complexity index is 1300. The molecule has 1 aromatic carbocycles. The molecule has 1 atom stereocenters. The van der Waals surface area contributed by atoms with Crippen molar-refractivity contribution in [2.45, 2.75) is 97.8 Å². The van der Waals surface area contributed by atoms with Gasteiger partial charge in [-0.2, -0.15) is 0 Å². The predicted molar refractivity (Wildman–Crippen MR) is 155 cm³/mol. The molecular formula is C32H43N3O5. The topological polar surface area (TPSA) is 101 Å². The summed E-state index contributed by atoms with van der Waals surface area (Å²) in [6.07, 6.45) is 4.72. The lowest BCUT2D eigenvalue weighted by Crippen LogP contribution is -2.38. The third kappa shape index (κ3) is 5.55. The highest BCUT2D eigenvalue weighted by Gasteiger charge is 2.36. The molecule has 1 saturated carbocycles. The molecule has 0 unspecified atom stereocenters. The third-order valence-electron chi connectivity index (χ3n) is 8.50. The van der Waals surface area contributed by atoms with Crippen molar-refractivity contribution < 1.29 is 24.2 Å². The number of hydrogen-bond acceptors (Lipinski definition) is 6. The average molecular weight is 550 g/mol. The van der Waals surface area contributed by atoms with Crippen molar-refractivity contribution in [3.8, 4) is 16.9 Å². The SMILES string of the molecule is Cc1nc(C(=O)NC2CCC(C)CC2)c(C)c(-c2ccc3c4c2CCCN4CCO3)c1[C@H](OC(C)(C)C)C(=O)O. The molecule has 0 saturated heterocycles. The molecule has 216 valence electrons. The maximum atomic E-state index is 13.7. The second-order valence-corrected chi connectivity index (χ2v) is 12.7. The van der Waals surface area contributed by atoms with Crippen molar-refractivity contribution in [3.05, 3.63) is 40.2 Å². The first-order chi connectivity index (χ1) is 18.9. The quantitative estimate of drug-likeness (QED) is 0.472. The summed E-state index contributed by atoms with van der Waals surface area (Å²) in [6, 6.07) is 4.13. The first-order valence-corrected chi connectivity index (χ1v) is 14.7. The van der Waals surface area contributed by atoms with Gasteiger partial charge in [0, 0.05) is 23.8 Å². The van der Waals surface area contributed by atoms with Crippen molar-refractivity contribution in [2.24, 2.45) is 5.92 Å². The van der Waals surface area contributed by atoms with Crippen LogP contribution in [0.15, 0.2) is 12.1 Å². The second kappa shape index (κ2) is 11.0. The summed E-state index contributed by atoms with van der Waals surface area (Å²) < 4.78 is 12.2. The molecule has 1 aliphatic carbocycles. The highest BCUT2D eigenvalue weighted by atomic mass is 16.5. The number of nitrogens with one attached hydrogen (secondary N) is 1. The fourth-order valence-corrected chi connectivity index (χ4v) is 6.56. The maximum Gasteiger partial charge on any atom is 0.337 e. The van der Waals surface area contributed by atoms with Crippen LogP contribution in [0.4, 0.5) is 5.69 Å². The minimum Gasteiger partial charge on any atom is -0.490 e. The van der Waals surface area contributed by atoms with E-state index in [0.717, 1.165) is 79.7 Å². The molecule has 0 spiro atoms. The molecule has 3 heterocycles. The Morgan fingerprint density at radius 3 is 2.55 bits per heavy atom. The maximum absolute atomic E-state index is 13.7. The molecule has 1 aromatic heterocycles. The van der Waals surface area contributed by atoms with Crippen LogP contribution in [0.1, 0.15) is 98.8 Å². The lowest BCUT2D eigenvalue weighted by molar-refractivity contribution is -0.160. The van der Waals surface area contributed by atoms with Gasteiger partial charge >= 0.3 is 5.97 Å². The largest absolute Gasteiger partial charge is 0.490 e. The van der Waals surface area contributed by atoms with Crippen LogP contribution in [0.5, 0.6) is 5.75 Å². The molecule has 2 aromatic rings. The fourth-order valence-electron chi connectivity index (χ4n) is 6.56. The third-order valence-corrected chi connectivity index (χ3v) is 8.50. The zero-order chi connectivity index (χ0) is 28.8. The van der Waals surface area contributed by atoms with Gasteiger partial charge in [0.2, 0.25) is 0 Å². The van der Waals surface area contributed by atoms with Gasteiger partial charge in [0.15, 0.2) is 6.10 Å². The number of amides is 1. The van der Waals surface area contributed by atoms with Gasteiger partial charge in [-0.15, -0.1) is 0 Å². The Morgan fingerprint density at radius 1 is 1.15 bits per heavy atom. The fraction of sp³-hybridized carbons (Fsp3) is 0.594. The molecule has 2 N–H and O–H groups in total. The minimum absolute atomic E-state index is 0.125. The number of aliphatic carboxylic acids is 1. The van der Waals surface area contributed by atoms with Gasteiger partial charge in [-0.25, -0.2) is 9.78 Å². The number of hydrogen-bond donors (Lipinski definition) is 2. The smallest absolute Gasteiger partial charge is 0.337 e. The number of rotatable bonds is 6. The van der Waals surface area contributed by atoms with Crippen LogP contribution in [-0.4, -0.2) is 53.3 Å². The number of carbonyl (C=O) groups excluding carboxylic acids is 1. The van der Waals surface area contributed by atoms with Crippen LogP contribution in [0.2, 0.25) is 0 Å². The standard InChI is InChI=1S/C32H43N3O5/c1-18-9-11-21(12-10-18)34-30(36)27-19(2)25(26(20(3)33-27)29(31(37)38)40-32(4,5)6)22-13-14-24-28-23(22)8-7-15-35(28)16-17-39-24/h13-14,18,21,29H,7-12,15-17H2,1-6H3,(H,34,36)(H,37,38)/t18?,21?,29-/m0/s1. The molecule has 3 aliphatic rings. The summed E-state index contributed by atoms with van der Waals surface area (Å²) in [5.74, 6) is 0.264. The Labute approximate surface area is 237 Å². The second-order valence-electron chi connectivity index (χ2n) is 12.7. The van der Waals surface area contributed by atoms with Crippen molar-refractivity contribution >= 4 is 17.6 Å². The van der Waals surface area contributed by atoms with Gasteiger partial charge in [-0.05, 0) is 107 Å². The van der Waals surface area contributed by atoms with Crippen LogP contribution >= 0.6 is 0 Å². The monoisotopic (exact) mass is 549 g/mol. The van der Waals surface area contributed by atoms with E-state index in [0.29, 0.717) is 35.0 Å². The number of anilines is 1. The lowest BCUT2D eigenvalue weighted by atomic mass is 9.84. The van der Waals surface area contributed by atoms with Crippen molar-refractivity contribution in [3.63, 3.8) is 0 Å². The van der Waals surface area contributed by atoms with Crippen LogP contribution < -0.4 is 15.0 Å². The summed E-state index contributed by atoms with van der Waals surface area (Å²) in [4.78, 5) is 33.5. The molecule has 0 bridgehead atoms. The van der Waals surface area contributed by atoms with Gasteiger partial charge in [0.05, 0.1) is 17.8 Å². The van der Waals surface area contributed by atoms with E-state index >= 15 is 0 Å². The number of pyridine rings is 1. The van der Waals surface area contributed by atoms with Gasteiger partial charge in [-0.3, -0.25) is 4.79 Å². The van der Waals surface area contributed by atoms with E-state index in [4.69, 9.17) is 14.5 Å². The van der Waals surface area contributed by atoms with E-state index in [9.17, 15) is 14.7 Å². The molecule has 8 nitrogen and oxygen atoms in total. The number of aryl methyl sites for hydroxylation is 1. The van der Waals surface area contributed by atoms with E-state index in [-0.39, 0.29) is 11.9 Å². The highest BCUT2D eigenvalue weighted by molar-refractivity contribution is 5.98. The molecule has 1 fully saturated rings. The van der Waals surface area contributed by atoms with Crippen molar-refractivity contribution in [1.82, 2.24) is 10.3 Å². The summed E-state index contributed by atoms with van der Waals surface area (Å²) in [7, 11) is 0. The Balaban J connectivity index is 1.69. The van der Waals surface area contributed by atoms with Crippen LogP contribution in [0.25, 0.3) is 11.1 Å². The van der Waals surface area contributed by atoms with E-state index < -0.39 is 17.7 Å². The normalized spacial score (nSPS) is 21.3. The van der Waals surface area contributed by atoms with Crippen LogP contribution in [0, 0.1) is 19.8 Å². The van der Waals surface area contributed by atoms with E-state index in [2.05, 4.69) is 17.1 Å². The van der Waals surface area contributed by atoms with Crippen molar-refractivity contribution in [2.75, 3.05) is 24.6 Å². The summed E-state index contributed by atoms with van der Waals surface area (Å²) in [6.45, 7) is 13.9. The van der Waals surface area contributed by atoms with Gasteiger partial charge < -0.3 is 24.8 Å². The van der Waals surface area contributed by atoms with Gasteiger partial charge in [0.1, 0.15) is 18.1 Å². The van der Waals surface area contributed by atoms with E-state index in [1.165, 1.54) is 0 Å². The minimum atomic E-state index is -1.24. The molecule has 8 heteroatoms. The summed E-state index contributed by atoms with van der Waals surface area (Å²) in [5, 5.41) is 13.6. The number of benzene rings is 1. The number of ether oxygens (including phenoxy) is 2. The summed E-state index contributed by atoms with van der Waals surface area (Å²) >= 11 is 0. The predicted octanol–water partition coefficient (Wildman–Crippen LogP) is 5.76. The molecule has 5 rings (SSSR count). The zero-order valence-electron chi connectivity index (χ0n) is 24.7. The Morgan fingerprint density at radius 2 is 1.88 bits per heavy atom. The number of nitrogens with zero attached hydrogens (tertiary/aromatic N) is 2. The van der Waals surface area contributed by atoms with Gasteiger partial charge in [0.25, 0.3) is 5.91 Å². The van der Waals surface area contributed by atoms with Gasteiger partial charge in [-0.1, -0.05) is 13.0 Å². The highest BCUT2D eigenvalue weighted by Crippen LogP contribution is 2.47. The molecule has 40 heavy (non-hydrogen) atoms. The Kier molecular flexibility index (Phi) is 7.83. The van der Waals surface area contributed by atoms with E-state index in [1.54, 1.807) is 6.92 Å². The average Bonchev–Trinajstić information content (AvgIpc) is 2.90. The lowest BCUT2D eigenvalue weighted by Gasteiger charge is -2.38. The first-order valence-electron chi connectivity index (χ1n) is 14.7. The zero-order valence-corrected chi connectivity index (χ0v) is 24.7. The Hall–Kier alpha value is -3.13. The molecule has 2 aliphatic heterocycles. The number of carboxylic acid groups (broad SMARTS) is 1.